The minimum absolute atomic E-state index is 1.11. The molecule has 1 rings (SSSR count). The summed E-state index contributed by atoms with van der Waals surface area (Å²) in [7, 11) is 0. The monoisotopic (exact) mass is 107 g/mol. The molecule has 0 N–H and O–H groups in total. The van der Waals surface area contributed by atoms with E-state index in [1.165, 1.54) is 11.1 Å². The molecular weight excluding hydrogens is 96.1 g/mol. The Labute approximate surface area is 50.9 Å². The second kappa shape index (κ2) is 2.17. The van der Waals surface area contributed by atoms with E-state index in [2.05, 4.69) is 32.4 Å². The predicted octanol–water partition coefficient (Wildman–Crippen LogP) is 2.49. The fourth-order valence-corrected chi connectivity index (χ4v) is 0.782. The van der Waals surface area contributed by atoms with E-state index in [4.69, 9.17) is 0 Å². The van der Waals surface area contributed by atoms with Crippen molar-refractivity contribution in [1.82, 2.24) is 0 Å². The Morgan fingerprint density at radius 1 is 1.25 bits per heavy atom. The topological polar surface area (TPSA) is 0 Å². The highest BCUT2D eigenvalue weighted by Gasteiger charge is 1.95. The molecule has 1 radical (unpaired) electrons. The molecule has 0 saturated carbocycles. The Kier molecular flexibility index (Phi) is 1.52. The van der Waals surface area contributed by atoms with Gasteiger partial charge in [0.25, 0.3) is 0 Å². The molecule has 0 nitrogen and oxygen atoms in total. The molecule has 43 valence electrons. The van der Waals surface area contributed by atoms with Crippen molar-refractivity contribution >= 4 is 0 Å². The SMILES string of the molecule is CC1=C[CH]CC=C1C. The number of rotatable bonds is 0. The van der Waals surface area contributed by atoms with Gasteiger partial charge in [0.05, 0.1) is 0 Å². The fraction of sp³-hybridized carbons (Fsp3) is 0.375. The molecule has 0 fully saturated rings. The molecule has 0 unspecified atom stereocenters. The van der Waals surface area contributed by atoms with Gasteiger partial charge in [-0.15, -0.1) is 0 Å². The summed E-state index contributed by atoms with van der Waals surface area (Å²) in [6, 6.07) is 0. The fourth-order valence-electron chi connectivity index (χ4n) is 0.782. The first-order chi connectivity index (χ1) is 3.80. The lowest BCUT2D eigenvalue weighted by Gasteiger charge is -2.05. The van der Waals surface area contributed by atoms with E-state index in [1.54, 1.807) is 0 Å². The van der Waals surface area contributed by atoms with Gasteiger partial charge in [0.15, 0.2) is 0 Å². The first-order valence-electron chi connectivity index (χ1n) is 2.98. The van der Waals surface area contributed by atoms with Crippen LogP contribution in [0.5, 0.6) is 0 Å². The van der Waals surface area contributed by atoms with Crippen molar-refractivity contribution in [2.45, 2.75) is 20.3 Å². The Morgan fingerprint density at radius 3 is 2.38 bits per heavy atom. The summed E-state index contributed by atoms with van der Waals surface area (Å²) >= 11 is 0. The van der Waals surface area contributed by atoms with E-state index < -0.39 is 0 Å². The van der Waals surface area contributed by atoms with Crippen LogP contribution in [0.3, 0.4) is 0 Å². The average Bonchev–Trinajstić information content (AvgIpc) is 1.77. The molecule has 0 bridgehead atoms. The van der Waals surface area contributed by atoms with Crippen LogP contribution in [-0.4, -0.2) is 0 Å². The molecule has 0 aromatic rings. The second-order valence-corrected chi connectivity index (χ2v) is 2.21. The van der Waals surface area contributed by atoms with Gasteiger partial charge in [-0.25, -0.2) is 0 Å². The third kappa shape index (κ3) is 1.00. The summed E-state index contributed by atoms with van der Waals surface area (Å²) in [5, 5.41) is 0. The van der Waals surface area contributed by atoms with Crippen LogP contribution >= 0.6 is 0 Å². The van der Waals surface area contributed by atoms with Crippen LogP contribution in [0.15, 0.2) is 23.3 Å². The number of hydrogen-bond acceptors (Lipinski definition) is 0. The number of allylic oxidation sites excluding steroid dienone is 4. The third-order valence-corrected chi connectivity index (χ3v) is 1.55. The van der Waals surface area contributed by atoms with Crippen LogP contribution in [-0.2, 0) is 0 Å². The largest absolute Gasteiger partial charge is 0.0807 e. The predicted molar refractivity (Wildman–Crippen MR) is 36.4 cm³/mol. The van der Waals surface area contributed by atoms with E-state index >= 15 is 0 Å². The van der Waals surface area contributed by atoms with Crippen molar-refractivity contribution in [1.29, 1.82) is 0 Å². The van der Waals surface area contributed by atoms with Gasteiger partial charge in [0, 0.05) is 0 Å². The van der Waals surface area contributed by atoms with Crippen molar-refractivity contribution in [2.75, 3.05) is 0 Å². The van der Waals surface area contributed by atoms with E-state index in [0.717, 1.165) is 6.42 Å². The Hall–Kier alpha value is -0.520. The van der Waals surface area contributed by atoms with E-state index in [9.17, 15) is 0 Å². The lowest BCUT2D eigenvalue weighted by Crippen LogP contribution is -1.85. The quantitative estimate of drug-likeness (QED) is 0.446. The van der Waals surface area contributed by atoms with Crippen molar-refractivity contribution in [3.05, 3.63) is 29.7 Å². The normalized spacial score (nSPS) is 19.8. The van der Waals surface area contributed by atoms with Gasteiger partial charge in [-0.1, -0.05) is 23.3 Å². The highest BCUT2D eigenvalue weighted by molar-refractivity contribution is 5.33. The summed E-state index contributed by atoms with van der Waals surface area (Å²) in [6.45, 7) is 4.29. The molecule has 0 atom stereocenters. The van der Waals surface area contributed by atoms with Gasteiger partial charge in [0.2, 0.25) is 0 Å². The lowest BCUT2D eigenvalue weighted by atomic mass is 10.0. The van der Waals surface area contributed by atoms with Crippen molar-refractivity contribution in [2.24, 2.45) is 0 Å². The van der Waals surface area contributed by atoms with Crippen LogP contribution in [0.2, 0.25) is 0 Å². The Bertz CT molecular complexity index is 120. The minimum Gasteiger partial charge on any atom is -0.0807 e. The molecule has 8 heavy (non-hydrogen) atoms. The lowest BCUT2D eigenvalue weighted by molar-refractivity contribution is 1.16. The van der Waals surface area contributed by atoms with E-state index in [1.807, 2.05) is 0 Å². The molecule has 0 spiro atoms. The molecule has 0 saturated heterocycles. The van der Waals surface area contributed by atoms with E-state index in [-0.39, 0.29) is 0 Å². The Morgan fingerprint density at radius 2 is 2.00 bits per heavy atom. The molecule has 0 aliphatic heterocycles. The molecule has 0 heteroatoms. The molecule has 0 aromatic heterocycles. The van der Waals surface area contributed by atoms with Crippen LogP contribution in [0.1, 0.15) is 20.3 Å². The van der Waals surface area contributed by atoms with Crippen LogP contribution in [0.4, 0.5) is 0 Å². The third-order valence-electron chi connectivity index (χ3n) is 1.55. The van der Waals surface area contributed by atoms with Gasteiger partial charge in [-0.05, 0) is 26.7 Å². The summed E-state index contributed by atoms with van der Waals surface area (Å²) in [4.78, 5) is 0. The van der Waals surface area contributed by atoms with Crippen LogP contribution in [0, 0.1) is 6.42 Å². The van der Waals surface area contributed by atoms with Gasteiger partial charge in [-0.2, -0.15) is 0 Å². The van der Waals surface area contributed by atoms with Gasteiger partial charge >= 0.3 is 0 Å². The smallest absolute Gasteiger partial charge is 0.0127 e. The zero-order valence-corrected chi connectivity index (χ0v) is 5.44. The first kappa shape index (κ1) is 5.61. The molecule has 0 aromatic carbocycles. The highest BCUT2D eigenvalue weighted by Crippen LogP contribution is 2.15. The van der Waals surface area contributed by atoms with Gasteiger partial charge in [-0.3, -0.25) is 0 Å². The van der Waals surface area contributed by atoms with Crippen LogP contribution < -0.4 is 0 Å². The summed E-state index contributed by atoms with van der Waals surface area (Å²) < 4.78 is 0. The molecular formula is C8H11. The first-order valence-corrected chi connectivity index (χ1v) is 2.98. The van der Waals surface area contributed by atoms with Gasteiger partial charge < -0.3 is 0 Å². The maximum absolute atomic E-state index is 2.25. The summed E-state index contributed by atoms with van der Waals surface area (Å²) in [5.74, 6) is 0. The summed E-state index contributed by atoms with van der Waals surface area (Å²) in [6.07, 6.45) is 7.72. The zero-order chi connectivity index (χ0) is 5.98. The minimum atomic E-state index is 1.11. The van der Waals surface area contributed by atoms with E-state index in [0.29, 0.717) is 0 Å². The standard InChI is InChI=1S/C8H11/c1-7-5-3-4-6-8(7)2/h3,5-6H,4H2,1-2H3. The van der Waals surface area contributed by atoms with Crippen LogP contribution in [0.25, 0.3) is 0 Å². The molecule has 0 heterocycles. The zero-order valence-electron chi connectivity index (χ0n) is 5.44. The van der Waals surface area contributed by atoms with Crippen molar-refractivity contribution < 1.29 is 0 Å². The average molecular weight is 107 g/mol. The maximum atomic E-state index is 2.25. The maximum Gasteiger partial charge on any atom is -0.0127 e. The van der Waals surface area contributed by atoms with Crippen molar-refractivity contribution in [3.63, 3.8) is 0 Å². The van der Waals surface area contributed by atoms with Gasteiger partial charge in [0.1, 0.15) is 0 Å². The molecule has 0 amide bonds. The molecule has 1 aliphatic carbocycles. The summed E-state index contributed by atoms with van der Waals surface area (Å²) in [5.41, 5.74) is 2.82. The Balaban J connectivity index is 2.73. The van der Waals surface area contributed by atoms with Crippen molar-refractivity contribution in [3.8, 4) is 0 Å². The molecule has 1 aliphatic rings. The number of hydrogen-bond donors (Lipinski definition) is 0. The second-order valence-electron chi connectivity index (χ2n) is 2.21. The highest BCUT2D eigenvalue weighted by atomic mass is 14.0.